The summed E-state index contributed by atoms with van der Waals surface area (Å²) in [4.78, 5) is 4.07. The Kier molecular flexibility index (Phi) is 1.35. The van der Waals surface area contributed by atoms with Gasteiger partial charge in [-0.05, 0) is 31.5 Å². The lowest BCUT2D eigenvalue weighted by atomic mass is 10.0. The lowest BCUT2D eigenvalue weighted by molar-refractivity contribution is 0.325. The Morgan fingerprint density at radius 2 is 2.14 bits per heavy atom. The van der Waals surface area contributed by atoms with Crippen molar-refractivity contribution in [2.24, 2.45) is 0 Å². The minimum atomic E-state index is -0.0201. The van der Waals surface area contributed by atoms with Gasteiger partial charge in [-0.1, -0.05) is 6.07 Å². The first kappa shape index (κ1) is 8.00. The summed E-state index contributed by atoms with van der Waals surface area (Å²) >= 11 is 0. The van der Waals surface area contributed by atoms with Crippen molar-refractivity contribution in [1.82, 2.24) is 4.98 Å². The van der Waals surface area contributed by atoms with E-state index >= 15 is 0 Å². The van der Waals surface area contributed by atoms with Crippen LogP contribution in [-0.2, 0) is 4.74 Å². The fourth-order valence-corrected chi connectivity index (χ4v) is 1.77. The molecule has 0 bridgehead atoms. The second kappa shape index (κ2) is 2.36. The smallest absolute Gasteiger partial charge is 0.181 e. The summed E-state index contributed by atoms with van der Waals surface area (Å²) in [7, 11) is 0. The molecule has 1 unspecified atom stereocenters. The lowest BCUT2D eigenvalue weighted by Crippen LogP contribution is -1.97. The Morgan fingerprint density at radius 3 is 2.86 bits per heavy atom. The number of ether oxygens (including phenoxy) is 1. The molecule has 0 N–H and O–H groups in total. The zero-order valence-corrected chi connectivity index (χ0v) is 8.15. The van der Waals surface area contributed by atoms with Crippen LogP contribution >= 0.6 is 0 Å². The molecular formula is C11H11NO2. The highest BCUT2D eigenvalue weighted by molar-refractivity contribution is 5.73. The van der Waals surface area contributed by atoms with Gasteiger partial charge in [-0.2, -0.15) is 0 Å². The molecular weight excluding hydrogens is 178 g/mol. The highest BCUT2D eigenvalue weighted by Gasteiger charge is 2.48. The van der Waals surface area contributed by atoms with Crippen LogP contribution < -0.4 is 0 Å². The van der Waals surface area contributed by atoms with E-state index in [-0.39, 0.29) is 11.7 Å². The van der Waals surface area contributed by atoms with Crippen LogP contribution in [0.2, 0.25) is 0 Å². The summed E-state index contributed by atoms with van der Waals surface area (Å²) in [5, 5.41) is 0. The molecule has 3 rings (SSSR count). The maximum Gasteiger partial charge on any atom is 0.181 e. The molecule has 2 heterocycles. The van der Waals surface area contributed by atoms with Crippen molar-refractivity contribution < 1.29 is 9.15 Å². The first-order valence-electron chi connectivity index (χ1n) is 4.68. The van der Waals surface area contributed by atoms with E-state index in [1.54, 1.807) is 0 Å². The van der Waals surface area contributed by atoms with Crippen molar-refractivity contribution in [2.45, 2.75) is 25.6 Å². The Morgan fingerprint density at radius 1 is 1.36 bits per heavy atom. The number of fused-ring (bicyclic) bond motifs is 1. The predicted molar refractivity (Wildman–Crippen MR) is 51.9 cm³/mol. The molecule has 1 aliphatic heterocycles. The number of aromatic nitrogens is 1. The SMILES string of the molecule is CC1(C)OC1c1ccc2ncoc2c1. The molecule has 3 heteroatoms. The van der Waals surface area contributed by atoms with Crippen molar-refractivity contribution in [3.05, 3.63) is 30.2 Å². The van der Waals surface area contributed by atoms with Crippen LogP contribution in [0.15, 0.2) is 29.0 Å². The number of epoxide rings is 1. The Balaban J connectivity index is 2.07. The highest BCUT2D eigenvalue weighted by Crippen LogP contribution is 2.49. The largest absolute Gasteiger partial charge is 0.443 e. The van der Waals surface area contributed by atoms with Crippen molar-refractivity contribution in [3.63, 3.8) is 0 Å². The molecule has 1 aromatic heterocycles. The average Bonchev–Trinajstić information content (AvgIpc) is 2.63. The van der Waals surface area contributed by atoms with Gasteiger partial charge in [0.1, 0.15) is 11.6 Å². The van der Waals surface area contributed by atoms with Crippen molar-refractivity contribution in [2.75, 3.05) is 0 Å². The molecule has 0 saturated carbocycles. The van der Waals surface area contributed by atoms with Gasteiger partial charge in [0.25, 0.3) is 0 Å². The number of rotatable bonds is 1. The Bertz CT molecular complexity index is 487. The van der Waals surface area contributed by atoms with Crippen molar-refractivity contribution in [3.8, 4) is 0 Å². The summed E-state index contributed by atoms with van der Waals surface area (Å²) in [5.41, 5.74) is 2.87. The van der Waals surface area contributed by atoms with Gasteiger partial charge in [0.2, 0.25) is 0 Å². The van der Waals surface area contributed by atoms with Crippen LogP contribution in [0.3, 0.4) is 0 Å². The monoisotopic (exact) mass is 189 g/mol. The summed E-state index contributed by atoms with van der Waals surface area (Å²) < 4.78 is 10.8. The van der Waals surface area contributed by atoms with E-state index in [0.29, 0.717) is 0 Å². The van der Waals surface area contributed by atoms with Crippen molar-refractivity contribution in [1.29, 1.82) is 0 Å². The molecule has 1 atom stereocenters. The fraction of sp³-hybridized carbons (Fsp3) is 0.364. The van der Waals surface area contributed by atoms with E-state index in [1.807, 2.05) is 18.2 Å². The van der Waals surface area contributed by atoms with E-state index in [1.165, 1.54) is 12.0 Å². The first-order valence-corrected chi connectivity index (χ1v) is 4.68. The van der Waals surface area contributed by atoms with Crippen LogP contribution in [0.5, 0.6) is 0 Å². The molecule has 1 saturated heterocycles. The van der Waals surface area contributed by atoms with Crippen LogP contribution in [0.1, 0.15) is 25.5 Å². The molecule has 0 aliphatic carbocycles. The third kappa shape index (κ3) is 1.06. The first-order chi connectivity index (χ1) is 6.67. The zero-order chi connectivity index (χ0) is 9.76. The summed E-state index contributed by atoms with van der Waals surface area (Å²) in [6.45, 7) is 4.17. The Labute approximate surface area is 81.7 Å². The normalized spacial score (nSPS) is 24.0. The van der Waals surface area contributed by atoms with E-state index in [4.69, 9.17) is 9.15 Å². The number of oxazole rings is 1. The summed E-state index contributed by atoms with van der Waals surface area (Å²) in [6.07, 6.45) is 1.67. The molecule has 1 fully saturated rings. The quantitative estimate of drug-likeness (QED) is 0.647. The molecule has 0 amide bonds. The molecule has 0 spiro atoms. The third-order valence-corrected chi connectivity index (χ3v) is 2.65. The maximum absolute atomic E-state index is 5.55. The van der Waals surface area contributed by atoms with Gasteiger partial charge in [-0.3, -0.25) is 0 Å². The van der Waals surface area contributed by atoms with Gasteiger partial charge in [-0.25, -0.2) is 4.98 Å². The minimum absolute atomic E-state index is 0.0201. The number of benzene rings is 1. The van der Waals surface area contributed by atoms with Crippen LogP contribution in [0.4, 0.5) is 0 Å². The van der Waals surface area contributed by atoms with Gasteiger partial charge in [-0.15, -0.1) is 0 Å². The van der Waals surface area contributed by atoms with Crippen molar-refractivity contribution >= 4 is 11.1 Å². The molecule has 1 aromatic carbocycles. The standard InChI is InChI=1S/C11H11NO2/c1-11(2)10(14-11)7-3-4-8-9(5-7)13-6-12-8/h3-6,10H,1-2H3. The zero-order valence-electron chi connectivity index (χ0n) is 8.15. The second-order valence-corrected chi connectivity index (χ2v) is 4.18. The Hall–Kier alpha value is -1.35. The van der Waals surface area contributed by atoms with Crippen LogP contribution in [-0.4, -0.2) is 10.6 Å². The third-order valence-electron chi connectivity index (χ3n) is 2.65. The summed E-state index contributed by atoms with van der Waals surface area (Å²) in [5.74, 6) is 0. The fourth-order valence-electron chi connectivity index (χ4n) is 1.77. The molecule has 72 valence electrons. The predicted octanol–water partition coefficient (Wildman–Crippen LogP) is 2.68. The van der Waals surface area contributed by atoms with Gasteiger partial charge in [0, 0.05) is 0 Å². The van der Waals surface area contributed by atoms with E-state index in [0.717, 1.165) is 11.1 Å². The number of hydrogen-bond acceptors (Lipinski definition) is 3. The highest BCUT2D eigenvalue weighted by atomic mass is 16.6. The molecule has 3 nitrogen and oxygen atoms in total. The summed E-state index contributed by atoms with van der Waals surface area (Å²) in [6, 6.07) is 6.01. The van der Waals surface area contributed by atoms with Crippen LogP contribution in [0.25, 0.3) is 11.1 Å². The van der Waals surface area contributed by atoms with E-state index in [2.05, 4.69) is 18.8 Å². The lowest BCUT2D eigenvalue weighted by Gasteiger charge is -1.97. The molecule has 0 radical (unpaired) electrons. The van der Waals surface area contributed by atoms with Gasteiger partial charge >= 0.3 is 0 Å². The van der Waals surface area contributed by atoms with Crippen LogP contribution in [0, 0.1) is 0 Å². The molecule has 14 heavy (non-hydrogen) atoms. The van der Waals surface area contributed by atoms with Gasteiger partial charge in [0.15, 0.2) is 12.0 Å². The number of hydrogen-bond donors (Lipinski definition) is 0. The van der Waals surface area contributed by atoms with E-state index < -0.39 is 0 Å². The van der Waals surface area contributed by atoms with Gasteiger partial charge in [0.05, 0.1) is 5.60 Å². The van der Waals surface area contributed by atoms with Gasteiger partial charge < -0.3 is 9.15 Å². The number of nitrogens with zero attached hydrogens (tertiary/aromatic N) is 1. The molecule has 2 aromatic rings. The maximum atomic E-state index is 5.55. The topological polar surface area (TPSA) is 38.6 Å². The average molecular weight is 189 g/mol. The van der Waals surface area contributed by atoms with E-state index in [9.17, 15) is 0 Å². The molecule has 1 aliphatic rings. The minimum Gasteiger partial charge on any atom is -0.443 e. The second-order valence-electron chi connectivity index (χ2n) is 4.18.